The van der Waals surface area contributed by atoms with E-state index in [1.807, 2.05) is 6.07 Å². The zero-order valence-electron chi connectivity index (χ0n) is 14.3. The number of unbranched alkanes of at least 4 members (excludes halogenated alkanes) is 4. The largest absolute Gasteiger partial charge is 0.504 e. The normalized spacial score (nSPS) is 11.4. The van der Waals surface area contributed by atoms with Gasteiger partial charge in [0, 0.05) is 5.56 Å². The molecule has 2 aromatic rings. The van der Waals surface area contributed by atoms with Gasteiger partial charge in [-0.05, 0) is 37.1 Å². The summed E-state index contributed by atoms with van der Waals surface area (Å²) in [5.74, 6) is 0.461. The van der Waals surface area contributed by atoms with E-state index < -0.39 is 10.1 Å². The lowest BCUT2D eigenvalue weighted by molar-refractivity contribution is 0.402. The predicted octanol–water partition coefficient (Wildman–Crippen LogP) is 4.94. The third-order valence-electron chi connectivity index (χ3n) is 3.98. The highest BCUT2D eigenvalue weighted by Crippen LogP contribution is 2.38. The van der Waals surface area contributed by atoms with E-state index in [0.717, 1.165) is 32.1 Å². The van der Waals surface area contributed by atoms with Crippen LogP contribution in [0.1, 0.15) is 44.6 Å². The van der Waals surface area contributed by atoms with Crippen molar-refractivity contribution in [2.45, 2.75) is 50.3 Å². The Kier molecular flexibility index (Phi) is 6.84. The molecule has 5 nitrogen and oxygen atoms in total. The Balaban J connectivity index is 2.27. The van der Waals surface area contributed by atoms with Gasteiger partial charge in [-0.3, -0.25) is 4.55 Å². The van der Waals surface area contributed by atoms with E-state index in [1.54, 1.807) is 24.3 Å². The van der Waals surface area contributed by atoms with Crippen LogP contribution in [-0.2, 0) is 16.5 Å². The van der Waals surface area contributed by atoms with Gasteiger partial charge in [0.25, 0.3) is 10.1 Å². The molecular weight excluding hydrogens is 340 g/mol. The highest BCUT2D eigenvalue weighted by molar-refractivity contribution is 7.85. The van der Waals surface area contributed by atoms with E-state index >= 15 is 0 Å². The molecule has 0 aliphatic heterocycles. The van der Waals surface area contributed by atoms with Crippen LogP contribution < -0.4 is 4.74 Å². The van der Waals surface area contributed by atoms with E-state index in [0.29, 0.717) is 12.2 Å². The van der Waals surface area contributed by atoms with Crippen molar-refractivity contribution in [1.82, 2.24) is 0 Å². The quantitative estimate of drug-likeness (QED) is 0.486. The minimum atomic E-state index is -4.41. The predicted molar refractivity (Wildman–Crippen MR) is 96.9 cm³/mol. The summed E-state index contributed by atoms with van der Waals surface area (Å²) in [5, 5.41) is 10.5. The Bertz CT molecular complexity index is 785. The molecule has 0 spiro atoms. The van der Waals surface area contributed by atoms with E-state index in [9.17, 15) is 18.1 Å². The molecular formula is C19H24O5S. The van der Waals surface area contributed by atoms with Crippen molar-refractivity contribution in [2.75, 3.05) is 0 Å². The van der Waals surface area contributed by atoms with Gasteiger partial charge in [0.1, 0.15) is 10.6 Å². The lowest BCUT2D eigenvalue weighted by Crippen LogP contribution is -2.04. The van der Waals surface area contributed by atoms with Gasteiger partial charge in [0.2, 0.25) is 0 Å². The van der Waals surface area contributed by atoms with E-state index in [-0.39, 0.29) is 22.0 Å². The minimum Gasteiger partial charge on any atom is -0.504 e. The molecule has 0 bridgehead atoms. The third kappa shape index (κ3) is 5.47. The summed E-state index contributed by atoms with van der Waals surface area (Å²) in [6.45, 7) is 2.12. The Morgan fingerprint density at radius 3 is 2.28 bits per heavy atom. The first-order chi connectivity index (χ1) is 11.9. The van der Waals surface area contributed by atoms with Crippen molar-refractivity contribution in [1.29, 1.82) is 0 Å². The van der Waals surface area contributed by atoms with Gasteiger partial charge < -0.3 is 9.84 Å². The first kappa shape index (κ1) is 19.3. The summed E-state index contributed by atoms with van der Waals surface area (Å²) in [6.07, 6.45) is 5.30. The molecule has 2 N–H and O–H groups in total. The van der Waals surface area contributed by atoms with Crippen LogP contribution in [0.25, 0.3) is 0 Å². The number of phenols is 1. The molecule has 2 aromatic carbocycles. The second-order valence-corrected chi connectivity index (χ2v) is 7.33. The molecule has 0 aliphatic rings. The molecule has 0 unspecified atom stereocenters. The van der Waals surface area contributed by atoms with Gasteiger partial charge in [-0.2, -0.15) is 8.42 Å². The van der Waals surface area contributed by atoms with Crippen molar-refractivity contribution in [3.8, 4) is 17.2 Å². The van der Waals surface area contributed by atoms with E-state index in [1.165, 1.54) is 12.1 Å². The molecule has 136 valence electrons. The molecule has 0 amide bonds. The van der Waals surface area contributed by atoms with Crippen LogP contribution in [0.2, 0.25) is 0 Å². The van der Waals surface area contributed by atoms with Gasteiger partial charge in [0.05, 0.1) is 0 Å². The molecule has 0 radical (unpaired) electrons. The van der Waals surface area contributed by atoms with E-state index in [4.69, 9.17) is 4.74 Å². The van der Waals surface area contributed by atoms with E-state index in [2.05, 4.69) is 6.92 Å². The Hall–Kier alpha value is -2.05. The van der Waals surface area contributed by atoms with Crippen LogP contribution in [0.5, 0.6) is 17.2 Å². The first-order valence-corrected chi connectivity index (χ1v) is 9.92. The summed E-state index contributed by atoms with van der Waals surface area (Å²) < 4.78 is 38.3. The minimum absolute atomic E-state index is 0.169. The number of rotatable bonds is 9. The van der Waals surface area contributed by atoms with Gasteiger partial charge >= 0.3 is 0 Å². The molecule has 0 heterocycles. The average molecular weight is 364 g/mol. The zero-order chi connectivity index (χ0) is 18.3. The smallest absolute Gasteiger partial charge is 0.294 e. The molecule has 0 aliphatic carbocycles. The van der Waals surface area contributed by atoms with Gasteiger partial charge in [-0.25, -0.2) is 0 Å². The van der Waals surface area contributed by atoms with Crippen LogP contribution in [0.15, 0.2) is 47.4 Å². The second kappa shape index (κ2) is 8.87. The molecule has 0 fully saturated rings. The maximum Gasteiger partial charge on any atom is 0.294 e. The molecule has 25 heavy (non-hydrogen) atoms. The highest BCUT2D eigenvalue weighted by Gasteiger charge is 2.21. The molecule has 6 heteroatoms. The maximum absolute atomic E-state index is 11.6. The number of benzene rings is 2. The van der Waals surface area contributed by atoms with Crippen molar-refractivity contribution in [3.05, 3.63) is 48.0 Å². The van der Waals surface area contributed by atoms with Crippen LogP contribution in [0.4, 0.5) is 0 Å². The molecule has 0 aromatic heterocycles. The summed E-state index contributed by atoms with van der Waals surface area (Å²) in [6, 6.07) is 11.5. The monoisotopic (exact) mass is 364 g/mol. The lowest BCUT2D eigenvalue weighted by atomic mass is 10.0. The Labute approximate surface area is 149 Å². The molecule has 2 rings (SSSR count). The first-order valence-electron chi connectivity index (χ1n) is 8.48. The van der Waals surface area contributed by atoms with Crippen molar-refractivity contribution < 1.29 is 22.8 Å². The topological polar surface area (TPSA) is 83.8 Å². The fourth-order valence-corrected chi connectivity index (χ4v) is 3.43. The van der Waals surface area contributed by atoms with Crippen LogP contribution in [0, 0.1) is 0 Å². The fraction of sp³-hybridized carbons (Fsp3) is 0.368. The zero-order valence-corrected chi connectivity index (χ0v) is 15.1. The fourth-order valence-electron chi connectivity index (χ4n) is 2.68. The van der Waals surface area contributed by atoms with Gasteiger partial charge in [-0.1, -0.05) is 50.8 Å². The third-order valence-corrected chi connectivity index (χ3v) is 4.92. The number of phenolic OH excluding ortho intramolecular Hbond substituents is 1. The number of hydrogen-bond donors (Lipinski definition) is 2. The molecule has 0 saturated heterocycles. The molecule has 0 saturated carbocycles. The number of aromatic hydroxyl groups is 1. The summed E-state index contributed by atoms with van der Waals surface area (Å²) in [5.41, 5.74) is 0.201. The standard InChI is InChI=1S/C19H24O5S/c1-2-3-4-5-9-12-16-18(25(21,22)23)14-13-17(19(16)20)24-15-10-7-6-8-11-15/h6-8,10-11,13-14,20H,2-5,9,12H2,1H3,(H,21,22,23). The highest BCUT2D eigenvalue weighted by atomic mass is 32.2. The van der Waals surface area contributed by atoms with Crippen molar-refractivity contribution in [3.63, 3.8) is 0 Å². The lowest BCUT2D eigenvalue weighted by Gasteiger charge is -2.14. The average Bonchev–Trinajstić information content (AvgIpc) is 2.57. The Morgan fingerprint density at radius 2 is 1.64 bits per heavy atom. The van der Waals surface area contributed by atoms with Crippen molar-refractivity contribution in [2.24, 2.45) is 0 Å². The summed E-state index contributed by atoms with van der Waals surface area (Å²) >= 11 is 0. The van der Waals surface area contributed by atoms with Gasteiger partial charge in [0.15, 0.2) is 11.5 Å². The van der Waals surface area contributed by atoms with Crippen LogP contribution in [-0.4, -0.2) is 18.1 Å². The Morgan fingerprint density at radius 1 is 0.960 bits per heavy atom. The van der Waals surface area contributed by atoms with Gasteiger partial charge in [-0.15, -0.1) is 0 Å². The molecule has 0 atom stereocenters. The second-order valence-electron chi connectivity index (χ2n) is 5.94. The van der Waals surface area contributed by atoms with Crippen LogP contribution >= 0.6 is 0 Å². The van der Waals surface area contributed by atoms with Crippen LogP contribution in [0.3, 0.4) is 0 Å². The summed E-state index contributed by atoms with van der Waals surface area (Å²) in [7, 11) is -4.41. The number of ether oxygens (including phenoxy) is 1. The number of para-hydroxylation sites is 1. The van der Waals surface area contributed by atoms with Crippen molar-refractivity contribution >= 4 is 10.1 Å². The number of hydrogen-bond acceptors (Lipinski definition) is 4. The maximum atomic E-state index is 11.6. The summed E-state index contributed by atoms with van der Waals surface area (Å²) in [4.78, 5) is -0.263. The SMILES string of the molecule is CCCCCCCc1c(S(=O)(=O)O)ccc(Oc2ccccc2)c1O.